The van der Waals surface area contributed by atoms with Gasteiger partial charge in [0.15, 0.2) is 0 Å². The highest BCUT2D eigenvalue weighted by molar-refractivity contribution is 5.81. The smallest absolute Gasteiger partial charge is 0.321 e. The molecular formula is C36H71NO4. The van der Waals surface area contributed by atoms with Crippen molar-refractivity contribution < 1.29 is 19.4 Å². The van der Waals surface area contributed by atoms with Gasteiger partial charge in [-0.15, -0.1) is 0 Å². The van der Waals surface area contributed by atoms with Crippen molar-refractivity contribution >= 4 is 11.9 Å². The van der Waals surface area contributed by atoms with Crippen LogP contribution in [-0.2, 0) is 14.3 Å². The van der Waals surface area contributed by atoms with E-state index in [4.69, 9.17) is 4.74 Å². The molecule has 0 aliphatic heterocycles. The maximum absolute atomic E-state index is 12.1. The third kappa shape index (κ3) is 31.7. The average Bonchev–Trinajstić information content (AvgIpc) is 2.96. The number of hydrogen-bond acceptors (Lipinski definition) is 4. The Morgan fingerprint density at radius 1 is 0.512 bits per heavy atom. The van der Waals surface area contributed by atoms with Crippen LogP contribution in [0.1, 0.15) is 200 Å². The van der Waals surface area contributed by atoms with Gasteiger partial charge in [0.2, 0.25) is 0 Å². The maximum atomic E-state index is 12.1. The minimum absolute atomic E-state index is 0.0908. The Morgan fingerprint density at radius 2 is 0.829 bits per heavy atom. The minimum Gasteiger partial charge on any atom is -0.480 e. The number of carboxylic acids is 1. The predicted octanol–water partition coefficient (Wildman–Crippen LogP) is 10.9. The van der Waals surface area contributed by atoms with Crippen molar-refractivity contribution in [3.63, 3.8) is 0 Å². The molecule has 5 nitrogen and oxygen atoms in total. The quantitative estimate of drug-likeness (QED) is 0.0584. The number of unbranched alkanes of at least 4 members (excludes halogenated alkanes) is 26. The molecule has 1 atom stereocenters. The second-order valence-electron chi connectivity index (χ2n) is 12.5. The van der Waals surface area contributed by atoms with Gasteiger partial charge >= 0.3 is 11.9 Å². The van der Waals surface area contributed by atoms with Crippen LogP contribution in [0.5, 0.6) is 0 Å². The van der Waals surface area contributed by atoms with Crippen molar-refractivity contribution in [2.45, 2.75) is 206 Å². The lowest BCUT2D eigenvalue weighted by Crippen LogP contribution is -2.39. The van der Waals surface area contributed by atoms with Gasteiger partial charge < -0.3 is 15.2 Å². The molecule has 0 aromatic carbocycles. The molecule has 0 saturated heterocycles. The standard InChI is InChI=1S/C36H71NO4/c1-3-5-7-9-11-13-15-17-18-19-21-23-25-27-29-31-37-34(36(39)40)33-35(38)41-32-30-28-26-24-22-20-16-14-12-10-8-6-4-2/h34,37H,3-33H2,1-2H3,(H,39,40). The molecular weight excluding hydrogens is 510 g/mol. The maximum Gasteiger partial charge on any atom is 0.321 e. The highest BCUT2D eigenvalue weighted by Crippen LogP contribution is 2.14. The third-order valence-electron chi connectivity index (χ3n) is 8.35. The zero-order chi connectivity index (χ0) is 30.1. The van der Waals surface area contributed by atoms with E-state index in [1.165, 1.54) is 154 Å². The molecule has 0 aliphatic rings. The first-order valence-corrected chi connectivity index (χ1v) is 18.2. The predicted molar refractivity (Wildman–Crippen MR) is 176 cm³/mol. The lowest BCUT2D eigenvalue weighted by atomic mass is 10.0. The Hall–Kier alpha value is -1.10. The summed E-state index contributed by atoms with van der Waals surface area (Å²) in [6, 6.07) is -0.846. The second kappa shape index (κ2) is 33.4. The normalized spacial score (nSPS) is 12.0. The van der Waals surface area contributed by atoms with Crippen molar-refractivity contribution in [3.05, 3.63) is 0 Å². The highest BCUT2D eigenvalue weighted by atomic mass is 16.5. The molecule has 0 aliphatic carbocycles. The molecule has 0 saturated carbocycles. The molecule has 41 heavy (non-hydrogen) atoms. The first-order valence-electron chi connectivity index (χ1n) is 18.2. The lowest BCUT2D eigenvalue weighted by molar-refractivity contribution is -0.149. The molecule has 0 radical (unpaired) electrons. The van der Waals surface area contributed by atoms with Crippen molar-refractivity contribution in [2.75, 3.05) is 13.2 Å². The molecule has 5 heteroatoms. The molecule has 0 fully saturated rings. The summed E-state index contributed by atoms with van der Waals surface area (Å²) in [7, 11) is 0. The molecule has 0 aromatic heterocycles. The number of esters is 1. The molecule has 0 heterocycles. The van der Waals surface area contributed by atoms with Crippen molar-refractivity contribution in [1.82, 2.24) is 5.32 Å². The van der Waals surface area contributed by atoms with Crippen LogP contribution in [0, 0.1) is 0 Å². The Kier molecular flexibility index (Phi) is 32.5. The molecule has 244 valence electrons. The molecule has 0 spiro atoms. The summed E-state index contributed by atoms with van der Waals surface area (Å²) in [6.45, 7) is 5.58. The summed E-state index contributed by atoms with van der Waals surface area (Å²) in [5, 5.41) is 12.5. The number of aliphatic carboxylic acids is 1. The van der Waals surface area contributed by atoms with E-state index in [9.17, 15) is 14.7 Å². The minimum atomic E-state index is -0.969. The number of hydrogen-bond donors (Lipinski definition) is 2. The van der Waals surface area contributed by atoms with Crippen LogP contribution in [0.2, 0.25) is 0 Å². The molecule has 0 aromatic rings. The van der Waals surface area contributed by atoms with Crippen LogP contribution in [0.15, 0.2) is 0 Å². The van der Waals surface area contributed by atoms with Crippen LogP contribution in [0.25, 0.3) is 0 Å². The number of ether oxygens (including phenoxy) is 1. The number of carbonyl (C=O) groups excluding carboxylic acids is 1. The Bertz CT molecular complexity index is 554. The first kappa shape index (κ1) is 39.9. The van der Waals surface area contributed by atoms with E-state index >= 15 is 0 Å². The Morgan fingerprint density at radius 3 is 1.17 bits per heavy atom. The fraction of sp³-hybridized carbons (Fsp3) is 0.944. The van der Waals surface area contributed by atoms with Crippen LogP contribution in [0.4, 0.5) is 0 Å². The van der Waals surface area contributed by atoms with Crippen LogP contribution in [0.3, 0.4) is 0 Å². The molecule has 2 N–H and O–H groups in total. The fourth-order valence-electron chi connectivity index (χ4n) is 5.55. The molecule has 0 bridgehead atoms. The van der Waals surface area contributed by atoms with Gasteiger partial charge in [0.1, 0.15) is 6.04 Å². The number of carboxylic acid groups (broad SMARTS) is 1. The summed E-state index contributed by atoms with van der Waals surface area (Å²) in [5.74, 6) is -1.37. The fourth-order valence-corrected chi connectivity index (χ4v) is 5.55. The summed E-state index contributed by atoms with van der Waals surface area (Å²) < 4.78 is 5.31. The first-order chi connectivity index (χ1) is 20.1. The zero-order valence-corrected chi connectivity index (χ0v) is 27.7. The van der Waals surface area contributed by atoms with Gasteiger partial charge in [-0.2, -0.15) is 0 Å². The summed E-state index contributed by atoms with van der Waals surface area (Å²) >= 11 is 0. The SMILES string of the molecule is CCCCCCCCCCCCCCCCCNC(CC(=O)OCCCCCCCCCCCCCCC)C(=O)O. The van der Waals surface area contributed by atoms with E-state index in [-0.39, 0.29) is 6.42 Å². The van der Waals surface area contributed by atoms with Gasteiger partial charge in [-0.1, -0.05) is 181 Å². The van der Waals surface area contributed by atoms with Gasteiger partial charge in [-0.05, 0) is 19.4 Å². The van der Waals surface area contributed by atoms with E-state index in [0.29, 0.717) is 13.2 Å². The van der Waals surface area contributed by atoms with Crippen molar-refractivity contribution in [3.8, 4) is 0 Å². The Labute approximate surface area is 255 Å². The summed E-state index contributed by atoms with van der Waals surface area (Å²) in [6.07, 6.45) is 36.3. The van der Waals surface area contributed by atoms with Crippen LogP contribution < -0.4 is 5.32 Å². The van der Waals surface area contributed by atoms with E-state index in [0.717, 1.165) is 25.7 Å². The van der Waals surface area contributed by atoms with Gasteiger partial charge in [0, 0.05) is 0 Å². The largest absolute Gasteiger partial charge is 0.480 e. The summed E-state index contributed by atoms with van der Waals surface area (Å²) in [5.41, 5.74) is 0. The molecule has 1 unspecified atom stereocenters. The van der Waals surface area contributed by atoms with Crippen molar-refractivity contribution in [2.24, 2.45) is 0 Å². The number of nitrogens with one attached hydrogen (secondary N) is 1. The van der Waals surface area contributed by atoms with Gasteiger partial charge in [0.25, 0.3) is 0 Å². The van der Waals surface area contributed by atoms with Crippen LogP contribution in [-0.4, -0.2) is 36.2 Å². The number of carbonyl (C=O) groups is 2. The molecule has 0 rings (SSSR count). The molecule has 0 amide bonds. The van der Waals surface area contributed by atoms with Crippen molar-refractivity contribution in [1.29, 1.82) is 0 Å². The second-order valence-corrected chi connectivity index (χ2v) is 12.5. The monoisotopic (exact) mass is 582 g/mol. The van der Waals surface area contributed by atoms with Gasteiger partial charge in [0.05, 0.1) is 13.0 Å². The van der Waals surface area contributed by atoms with E-state index < -0.39 is 18.0 Å². The third-order valence-corrected chi connectivity index (χ3v) is 8.35. The van der Waals surface area contributed by atoms with Gasteiger partial charge in [-0.3, -0.25) is 9.59 Å². The Balaban J connectivity index is 3.51. The van der Waals surface area contributed by atoms with Crippen LogP contribution >= 0.6 is 0 Å². The average molecular weight is 582 g/mol. The highest BCUT2D eigenvalue weighted by Gasteiger charge is 2.21. The zero-order valence-electron chi connectivity index (χ0n) is 27.7. The number of rotatable bonds is 34. The topological polar surface area (TPSA) is 75.6 Å². The summed E-state index contributed by atoms with van der Waals surface area (Å²) in [4.78, 5) is 23.7. The van der Waals surface area contributed by atoms with E-state index in [1.807, 2.05) is 0 Å². The van der Waals surface area contributed by atoms with E-state index in [2.05, 4.69) is 19.2 Å². The van der Waals surface area contributed by atoms with Gasteiger partial charge in [-0.25, -0.2) is 0 Å². The lowest BCUT2D eigenvalue weighted by Gasteiger charge is -2.14. The van der Waals surface area contributed by atoms with E-state index in [1.54, 1.807) is 0 Å².